The monoisotopic (exact) mass is 294 g/mol. The molecule has 0 spiro atoms. The lowest BCUT2D eigenvalue weighted by Crippen LogP contribution is -2.09. The van der Waals surface area contributed by atoms with Gasteiger partial charge in [-0.05, 0) is 27.6 Å². The molecule has 4 nitrogen and oxygen atoms in total. The Labute approximate surface area is 98.9 Å². The third-order valence-corrected chi connectivity index (χ3v) is 2.51. The molecule has 0 aliphatic carbocycles. The number of carbonyl (C=O) groups is 1. The van der Waals surface area contributed by atoms with Gasteiger partial charge in [-0.15, -0.1) is 0 Å². The number of nitrogens with two attached hydrogens (primary N) is 1. The second-order valence-electron chi connectivity index (χ2n) is 2.96. The molecule has 1 heterocycles. The average molecular weight is 295 g/mol. The van der Waals surface area contributed by atoms with Crippen LogP contribution in [0.2, 0.25) is 0 Å². The van der Waals surface area contributed by atoms with Crippen LogP contribution in [0.5, 0.6) is 0 Å². The van der Waals surface area contributed by atoms with Crippen molar-refractivity contribution in [1.29, 1.82) is 0 Å². The van der Waals surface area contributed by atoms with E-state index in [1.807, 2.05) is 0 Å². The summed E-state index contributed by atoms with van der Waals surface area (Å²) in [5.74, 6) is -0.551. The molecule has 88 valence electrons. The first-order chi connectivity index (χ1) is 7.45. The van der Waals surface area contributed by atoms with Gasteiger partial charge in [-0.25, -0.2) is 13.8 Å². The Morgan fingerprint density at radius 2 is 2.31 bits per heavy atom. The molecule has 0 saturated carbocycles. The summed E-state index contributed by atoms with van der Waals surface area (Å²) in [6, 6.07) is 1.10. The predicted octanol–water partition coefficient (Wildman–Crippen LogP) is 2.08. The lowest BCUT2D eigenvalue weighted by molar-refractivity contribution is -0.139. The van der Waals surface area contributed by atoms with Crippen LogP contribution in [-0.4, -0.2) is 18.1 Å². The van der Waals surface area contributed by atoms with Gasteiger partial charge in [0.15, 0.2) is 0 Å². The maximum Gasteiger partial charge on any atom is 0.310 e. The van der Waals surface area contributed by atoms with Crippen LogP contribution in [0, 0.1) is 0 Å². The largest absolute Gasteiger partial charge is 0.469 e. The van der Waals surface area contributed by atoms with E-state index < -0.39 is 18.1 Å². The topological polar surface area (TPSA) is 65.2 Å². The summed E-state index contributed by atoms with van der Waals surface area (Å²) < 4.78 is 29.4. The minimum Gasteiger partial charge on any atom is -0.469 e. The molecule has 0 saturated heterocycles. The van der Waals surface area contributed by atoms with Gasteiger partial charge in [0.1, 0.15) is 10.3 Å². The summed E-state index contributed by atoms with van der Waals surface area (Å²) in [6.07, 6.45) is -2.88. The Morgan fingerprint density at radius 1 is 1.69 bits per heavy atom. The highest BCUT2D eigenvalue weighted by atomic mass is 79.9. The van der Waals surface area contributed by atoms with Crippen LogP contribution < -0.4 is 5.73 Å². The number of nitrogen functional groups attached to an aromatic ring is 1. The lowest BCUT2D eigenvalue weighted by atomic mass is 10.1. The molecule has 16 heavy (non-hydrogen) atoms. The zero-order valence-electron chi connectivity index (χ0n) is 8.34. The summed E-state index contributed by atoms with van der Waals surface area (Å²) in [5.41, 5.74) is 5.59. The van der Waals surface area contributed by atoms with Gasteiger partial charge in [-0.3, -0.25) is 4.79 Å². The van der Waals surface area contributed by atoms with Crippen LogP contribution >= 0.6 is 15.9 Å². The van der Waals surface area contributed by atoms with Crippen LogP contribution in [0.3, 0.4) is 0 Å². The third kappa shape index (κ3) is 2.88. The van der Waals surface area contributed by atoms with E-state index in [9.17, 15) is 13.6 Å². The Morgan fingerprint density at radius 3 is 2.81 bits per heavy atom. The van der Waals surface area contributed by atoms with Crippen molar-refractivity contribution >= 4 is 27.6 Å². The van der Waals surface area contributed by atoms with Crippen molar-refractivity contribution in [2.45, 2.75) is 12.8 Å². The molecule has 0 aliphatic rings. The van der Waals surface area contributed by atoms with E-state index in [2.05, 4.69) is 25.7 Å². The molecule has 0 bridgehead atoms. The molecular formula is C9H9BrF2N2O2. The Hall–Kier alpha value is -1.24. The molecular weight excluding hydrogens is 286 g/mol. The maximum atomic E-state index is 12.4. The molecule has 0 atom stereocenters. The Kier molecular flexibility index (Phi) is 4.17. The molecule has 2 N–H and O–H groups in total. The number of hydrogen-bond donors (Lipinski definition) is 1. The van der Waals surface area contributed by atoms with Crippen LogP contribution in [0.25, 0.3) is 0 Å². The van der Waals surface area contributed by atoms with E-state index in [4.69, 9.17) is 5.73 Å². The van der Waals surface area contributed by atoms with Crippen molar-refractivity contribution in [1.82, 2.24) is 4.98 Å². The Balaban J connectivity index is 3.11. The SMILES string of the molecule is COC(=O)Cc1cc(C(F)F)nc(Br)c1N. The quantitative estimate of drug-likeness (QED) is 0.685. The fourth-order valence-corrected chi connectivity index (χ4v) is 1.54. The van der Waals surface area contributed by atoms with Crippen LogP contribution in [0.4, 0.5) is 14.5 Å². The summed E-state index contributed by atoms with van der Waals surface area (Å²) >= 11 is 2.96. The number of esters is 1. The zero-order valence-corrected chi connectivity index (χ0v) is 9.92. The fraction of sp³-hybridized carbons (Fsp3) is 0.333. The molecule has 0 amide bonds. The van der Waals surface area contributed by atoms with Gasteiger partial charge in [-0.1, -0.05) is 0 Å². The highest BCUT2D eigenvalue weighted by Crippen LogP contribution is 2.27. The number of pyridine rings is 1. The number of methoxy groups -OCH3 is 1. The molecule has 0 radical (unpaired) electrons. The van der Waals surface area contributed by atoms with Gasteiger partial charge < -0.3 is 10.5 Å². The summed E-state index contributed by atoms with van der Waals surface area (Å²) in [5, 5.41) is 0. The lowest BCUT2D eigenvalue weighted by Gasteiger charge is -2.08. The Bertz CT molecular complexity index is 413. The van der Waals surface area contributed by atoms with Gasteiger partial charge in [0.2, 0.25) is 0 Å². The first-order valence-corrected chi connectivity index (χ1v) is 5.04. The summed E-state index contributed by atoms with van der Waals surface area (Å²) in [4.78, 5) is 14.6. The normalized spacial score (nSPS) is 10.6. The minimum atomic E-state index is -2.71. The number of anilines is 1. The number of halogens is 3. The van der Waals surface area contributed by atoms with Crippen molar-refractivity contribution < 1.29 is 18.3 Å². The highest BCUT2D eigenvalue weighted by molar-refractivity contribution is 9.10. The fourth-order valence-electron chi connectivity index (χ4n) is 1.08. The molecule has 0 aliphatic heterocycles. The van der Waals surface area contributed by atoms with Gasteiger partial charge >= 0.3 is 5.97 Å². The number of ether oxygens (including phenoxy) is 1. The molecule has 1 aromatic heterocycles. The van der Waals surface area contributed by atoms with Gasteiger partial charge in [0, 0.05) is 0 Å². The van der Waals surface area contributed by atoms with E-state index in [0.717, 1.165) is 6.07 Å². The molecule has 1 rings (SSSR count). The van der Waals surface area contributed by atoms with Crippen molar-refractivity contribution in [2.75, 3.05) is 12.8 Å². The molecule has 0 aromatic carbocycles. The number of nitrogens with zero attached hydrogens (tertiary/aromatic N) is 1. The van der Waals surface area contributed by atoms with Crippen LogP contribution in [0.15, 0.2) is 10.7 Å². The van der Waals surface area contributed by atoms with E-state index in [1.54, 1.807) is 0 Å². The first-order valence-electron chi connectivity index (χ1n) is 4.25. The van der Waals surface area contributed by atoms with Crippen molar-refractivity contribution in [3.05, 3.63) is 21.9 Å². The molecule has 0 unspecified atom stereocenters. The van der Waals surface area contributed by atoms with E-state index in [0.29, 0.717) is 0 Å². The smallest absolute Gasteiger partial charge is 0.310 e. The minimum absolute atomic E-state index is 0.101. The maximum absolute atomic E-state index is 12.4. The van der Waals surface area contributed by atoms with Gasteiger partial charge in [-0.2, -0.15) is 0 Å². The van der Waals surface area contributed by atoms with Crippen molar-refractivity contribution in [3.63, 3.8) is 0 Å². The number of aromatic nitrogens is 1. The number of alkyl halides is 2. The standard InChI is InChI=1S/C9H9BrF2N2O2/c1-16-6(15)3-4-2-5(9(11)12)14-8(10)7(4)13/h2,9H,3,13H2,1H3. The average Bonchev–Trinajstić information content (AvgIpc) is 2.23. The first kappa shape index (κ1) is 12.8. The molecule has 7 heteroatoms. The van der Waals surface area contributed by atoms with Crippen molar-refractivity contribution in [3.8, 4) is 0 Å². The number of carbonyl (C=O) groups excluding carboxylic acids is 1. The summed E-state index contributed by atoms with van der Waals surface area (Å²) in [7, 11) is 1.21. The van der Waals surface area contributed by atoms with Crippen LogP contribution in [0.1, 0.15) is 17.7 Å². The van der Waals surface area contributed by atoms with Crippen molar-refractivity contribution in [2.24, 2.45) is 0 Å². The highest BCUT2D eigenvalue weighted by Gasteiger charge is 2.16. The van der Waals surface area contributed by atoms with Gasteiger partial charge in [0.05, 0.1) is 19.2 Å². The second-order valence-corrected chi connectivity index (χ2v) is 3.72. The predicted molar refractivity (Wildman–Crippen MR) is 57.0 cm³/mol. The third-order valence-electron chi connectivity index (χ3n) is 1.90. The second kappa shape index (κ2) is 5.20. The number of rotatable bonds is 3. The zero-order chi connectivity index (χ0) is 12.3. The van der Waals surface area contributed by atoms with E-state index in [1.165, 1.54) is 7.11 Å². The van der Waals surface area contributed by atoms with E-state index >= 15 is 0 Å². The van der Waals surface area contributed by atoms with Gasteiger partial charge in [0.25, 0.3) is 6.43 Å². The molecule has 1 aromatic rings. The van der Waals surface area contributed by atoms with E-state index in [-0.39, 0.29) is 22.3 Å². The number of hydrogen-bond acceptors (Lipinski definition) is 4. The molecule has 0 fully saturated rings. The van der Waals surface area contributed by atoms with Crippen LogP contribution in [-0.2, 0) is 16.0 Å². The summed E-state index contributed by atoms with van der Waals surface area (Å²) in [6.45, 7) is 0.